The third kappa shape index (κ3) is 5.38. The van der Waals surface area contributed by atoms with Crippen molar-refractivity contribution in [2.24, 2.45) is 5.84 Å². The molecule has 0 aliphatic carbocycles. The van der Waals surface area contributed by atoms with E-state index in [2.05, 4.69) is 0 Å². The van der Waals surface area contributed by atoms with Gasteiger partial charge in [0.2, 0.25) is 11.4 Å². The number of nitrogens with one attached hydrogen (secondary N) is 1. The third-order valence-corrected chi connectivity index (χ3v) is 7.18. The van der Waals surface area contributed by atoms with E-state index in [1.165, 1.54) is 18.2 Å². The summed E-state index contributed by atoms with van der Waals surface area (Å²) in [5.74, 6) is 4.89. The van der Waals surface area contributed by atoms with Gasteiger partial charge in [0.1, 0.15) is 0 Å². The number of ether oxygens (including phenoxy) is 1. The number of pyridine rings is 1. The molecular weight excluding hydrogens is 540 g/mol. The lowest BCUT2D eigenvalue weighted by atomic mass is 9.97. The predicted octanol–water partition coefficient (Wildman–Crippen LogP) is 4.47. The van der Waals surface area contributed by atoms with Crippen LogP contribution in [0.1, 0.15) is 29.5 Å². The fourth-order valence-corrected chi connectivity index (χ4v) is 4.92. The molecule has 3 aromatic carbocycles. The Balaban J connectivity index is 1.41. The number of amides is 1. The molecule has 12 nitrogen and oxygen atoms in total. The molecule has 1 aliphatic heterocycles. The van der Waals surface area contributed by atoms with Gasteiger partial charge in [-0.1, -0.05) is 36.4 Å². The van der Waals surface area contributed by atoms with Gasteiger partial charge in [0.05, 0.1) is 32.9 Å². The molecule has 1 amide bonds. The van der Waals surface area contributed by atoms with Gasteiger partial charge in [0.15, 0.2) is 24.4 Å². The number of carbonyl (C=O) groups excluding carboxylic acids is 1. The van der Waals surface area contributed by atoms with E-state index in [0.717, 1.165) is 22.2 Å². The summed E-state index contributed by atoms with van der Waals surface area (Å²) in [6.45, 7) is 1.94. The zero-order chi connectivity index (χ0) is 30.0. The minimum Gasteiger partial charge on any atom is -0.438 e. The van der Waals surface area contributed by atoms with E-state index in [0.29, 0.717) is 23.7 Å². The van der Waals surface area contributed by atoms with Crippen molar-refractivity contribution in [2.75, 3.05) is 11.9 Å². The van der Waals surface area contributed by atoms with Crippen LogP contribution in [-0.4, -0.2) is 22.8 Å². The first-order valence-electron chi connectivity index (χ1n) is 12.9. The summed E-state index contributed by atoms with van der Waals surface area (Å²) in [7, 11) is 1.82. The number of hydrogen-bond donors (Lipinski definition) is 2. The minimum atomic E-state index is -0.777. The highest BCUT2D eigenvalue weighted by atomic mass is 16.6. The molecule has 42 heavy (non-hydrogen) atoms. The number of nitrogens with zero attached hydrogens (tertiary/aromatic N) is 4. The predicted molar refractivity (Wildman–Crippen MR) is 156 cm³/mol. The van der Waals surface area contributed by atoms with Gasteiger partial charge in [0, 0.05) is 42.4 Å². The number of hydrogen-bond acceptors (Lipinski definition) is 8. The summed E-state index contributed by atoms with van der Waals surface area (Å²) in [5, 5.41) is 23.9. The molecule has 1 atom stereocenters. The van der Waals surface area contributed by atoms with Gasteiger partial charge in [-0.25, -0.2) is 5.84 Å². The summed E-state index contributed by atoms with van der Waals surface area (Å²) in [4.78, 5) is 35.8. The number of carbonyl (C=O) groups is 1. The molecular formula is C30H27N6O6+. The van der Waals surface area contributed by atoms with Crippen LogP contribution < -0.4 is 25.5 Å². The van der Waals surface area contributed by atoms with Crippen LogP contribution >= 0.6 is 0 Å². The van der Waals surface area contributed by atoms with Crippen molar-refractivity contribution in [3.63, 3.8) is 0 Å². The normalized spacial score (nSPS) is 14.2. The molecule has 0 saturated heterocycles. The summed E-state index contributed by atoms with van der Waals surface area (Å²) < 4.78 is 7.84. The standard InChI is InChI=1S/C30H26N6O6/c1-19(30(37)32-31)23-12-10-20(16-27(23)36(40)41)18-34-15-14-21(24-7-3-4-8-25(24)34)6-5-9-29-33(2)26-13-11-22(35(38)39)17-28(26)42-29/h3-17,19H,18,31H2,1-2H3/p+1. The van der Waals surface area contributed by atoms with E-state index in [-0.39, 0.29) is 16.9 Å². The fourth-order valence-electron chi connectivity index (χ4n) is 4.92. The zero-order valence-corrected chi connectivity index (χ0v) is 22.8. The molecule has 0 saturated carbocycles. The van der Waals surface area contributed by atoms with Crippen LogP contribution in [0.15, 0.2) is 91.0 Å². The maximum atomic E-state index is 12.0. The topological polar surface area (TPSA) is 158 Å². The first kappa shape index (κ1) is 27.9. The third-order valence-electron chi connectivity index (χ3n) is 7.18. The van der Waals surface area contributed by atoms with E-state index in [4.69, 9.17) is 10.6 Å². The maximum absolute atomic E-state index is 12.0. The number of nitro groups is 2. The van der Waals surface area contributed by atoms with Crippen molar-refractivity contribution < 1.29 is 23.9 Å². The Morgan fingerprint density at radius 3 is 2.62 bits per heavy atom. The average Bonchev–Trinajstić information content (AvgIpc) is 3.31. The molecule has 12 heteroatoms. The molecule has 4 aromatic rings. The van der Waals surface area contributed by atoms with Crippen LogP contribution in [-0.2, 0) is 11.3 Å². The quantitative estimate of drug-likeness (QED) is 0.104. The van der Waals surface area contributed by atoms with Gasteiger partial charge in [-0.05, 0) is 30.7 Å². The summed E-state index contributed by atoms with van der Waals surface area (Å²) in [5.41, 5.74) is 5.45. The molecule has 1 aromatic heterocycles. The number of benzene rings is 3. The summed E-state index contributed by atoms with van der Waals surface area (Å²) in [6.07, 6.45) is 7.48. The number of hydrazine groups is 1. The Morgan fingerprint density at radius 2 is 1.88 bits per heavy atom. The number of anilines is 1. The maximum Gasteiger partial charge on any atom is 0.273 e. The highest BCUT2D eigenvalue weighted by molar-refractivity contribution is 5.86. The van der Waals surface area contributed by atoms with Crippen LogP contribution in [0.4, 0.5) is 17.1 Å². The number of fused-ring (bicyclic) bond motifs is 2. The van der Waals surface area contributed by atoms with E-state index in [9.17, 15) is 25.0 Å². The number of nitrogens with two attached hydrogens (primary N) is 1. The number of allylic oxidation sites excluding steroid dienone is 2. The van der Waals surface area contributed by atoms with Crippen LogP contribution in [0, 0.1) is 20.2 Å². The lowest BCUT2D eigenvalue weighted by Gasteiger charge is -2.11. The van der Waals surface area contributed by atoms with Crippen molar-refractivity contribution in [3.8, 4) is 5.75 Å². The summed E-state index contributed by atoms with van der Waals surface area (Å²) in [6, 6.07) is 19.1. The van der Waals surface area contributed by atoms with Gasteiger partial charge in [-0.2, -0.15) is 4.57 Å². The van der Waals surface area contributed by atoms with E-state index >= 15 is 0 Å². The number of non-ortho nitro benzene ring substituents is 1. The van der Waals surface area contributed by atoms with Crippen LogP contribution in [0.5, 0.6) is 5.75 Å². The Kier molecular flexibility index (Phi) is 7.63. The number of rotatable bonds is 8. The Labute approximate surface area is 240 Å². The second kappa shape index (κ2) is 11.5. The molecule has 212 valence electrons. The molecule has 1 unspecified atom stereocenters. The number of para-hydroxylation sites is 1. The van der Waals surface area contributed by atoms with Crippen molar-refractivity contribution >= 4 is 39.9 Å². The van der Waals surface area contributed by atoms with Crippen LogP contribution in [0.2, 0.25) is 0 Å². The molecule has 5 rings (SSSR count). The first-order valence-corrected chi connectivity index (χ1v) is 12.9. The fraction of sp³-hybridized carbons (Fsp3) is 0.133. The highest BCUT2D eigenvalue weighted by Crippen LogP contribution is 2.40. The molecule has 0 fully saturated rings. The molecule has 0 spiro atoms. The van der Waals surface area contributed by atoms with Crippen molar-refractivity contribution in [2.45, 2.75) is 19.4 Å². The second-order valence-corrected chi connectivity index (χ2v) is 9.73. The van der Waals surface area contributed by atoms with E-state index in [1.807, 2.05) is 70.6 Å². The molecule has 1 aliphatic rings. The minimum absolute atomic E-state index is 0.0397. The highest BCUT2D eigenvalue weighted by Gasteiger charge is 2.26. The molecule has 2 heterocycles. The lowest BCUT2D eigenvalue weighted by molar-refractivity contribution is -0.662. The number of nitro benzene ring substituents is 2. The van der Waals surface area contributed by atoms with E-state index < -0.39 is 21.7 Å². The van der Waals surface area contributed by atoms with Gasteiger partial charge >= 0.3 is 0 Å². The smallest absolute Gasteiger partial charge is 0.273 e. The molecule has 0 bridgehead atoms. The Hall–Kier alpha value is -5.62. The van der Waals surface area contributed by atoms with Crippen molar-refractivity contribution in [1.82, 2.24) is 5.43 Å². The molecule has 0 radical (unpaired) electrons. The van der Waals surface area contributed by atoms with Gasteiger partial charge in [-0.15, -0.1) is 0 Å². The lowest BCUT2D eigenvalue weighted by Crippen LogP contribution is -2.35. The largest absolute Gasteiger partial charge is 0.438 e. The van der Waals surface area contributed by atoms with Crippen molar-refractivity contribution in [1.29, 1.82) is 0 Å². The second-order valence-electron chi connectivity index (χ2n) is 9.73. The van der Waals surface area contributed by atoms with E-state index in [1.54, 1.807) is 31.2 Å². The van der Waals surface area contributed by atoms with Crippen molar-refractivity contribution in [3.05, 3.63) is 128 Å². The summed E-state index contributed by atoms with van der Waals surface area (Å²) >= 11 is 0. The van der Waals surface area contributed by atoms with Gasteiger partial charge < -0.3 is 9.64 Å². The molecule has 3 N–H and O–H groups in total. The first-order chi connectivity index (χ1) is 20.2. The van der Waals surface area contributed by atoms with Gasteiger partial charge in [0.25, 0.3) is 11.4 Å². The number of aromatic nitrogens is 1. The average molecular weight is 568 g/mol. The van der Waals surface area contributed by atoms with Crippen LogP contribution in [0.3, 0.4) is 0 Å². The van der Waals surface area contributed by atoms with Gasteiger partial charge in [-0.3, -0.25) is 30.4 Å². The Morgan fingerprint density at radius 1 is 1.10 bits per heavy atom. The van der Waals surface area contributed by atoms with Crippen LogP contribution in [0.25, 0.3) is 17.0 Å². The Bertz CT molecular complexity index is 1800. The SMILES string of the molecule is CC(C(=O)NN)c1ccc(C[n+]2ccc(/C=C/C=C3\Oc4cc([N+](=O)[O-])ccc4N3C)c3ccccc32)cc1[N+](=O)[O-]. The zero-order valence-electron chi connectivity index (χ0n) is 22.8. The monoisotopic (exact) mass is 567 g/mol.